The third-order valence-electron chi connectivity index (χ3n) is 6.56. The largest absolute Gasteiger partial charge is 0.398 e. The monoisotopic (exact) mass is 515 g/mol. The quantitative estimate of drug-likeness (QED) is 0.413. The molecule has 0 spiro atoms. The van der Waals surface area contributed by atoms with Crippen molar-refractivity contribution in [3.63, 3.8) is 0 Å². The van der Waals surface area contributed by atoms with Gasteiger partial charge in [0.25, 0.3) is 5.95 Å². The molecule has 37 heavy (non-hydrogen) atoms. The third-order valence-corrected chi connectivity index (χ3v) is 7.59. The van der Waals surface area contributed by atoms with Crippen LogP contribution in [-0.4, -0.2) is 92.1 Å². The Balaban J connectivity index is 1.39. The highest BCUT2D eigenvalue weighted by Crippen LogP contribution is 2.33. The van der Waals surface area contributed by atoms with Crippen LogP contribution in [0.4, 0.5) is 11.8 Å². The molecule has 0 atom stereocenters. The molecule has 2 fully saturated rings. The van der Waals surface area contributed by atoms with Crippen LogP contribution in [0.2, 0.25) is 0 Å². The summed E-state index contributed by atoms with van der Waals surface area (Å²) in [7, 11) is 2.17. The van der Waals surface area contributed by atoms with Crippen molar-refractivity contribution in [1.29, 1.82) is 0 Å². The van der Waals surface area contributed by atoms with E-state index in [0.29, 0.717) is 24.9 Å². The van der Waals surface area contributed by atoms with E-state index in [0.717, 1.165) is 77.9 Å². The molecule has 4 heterocycles. The first-order valence-electron chi connectivity index (χ1n) is 12.7. The summed E-state index contributed by atoms with van der Waals surface area (Å²) in [6, 6.07) is 10.1. The van der Waals surface area contributed by atoms with E-state index in [4.69, 9.17) is 20.4 Å². The molecule has 9 heteroatoms. The molecule has 0 unspecified atom stereocenters. The summed E-state index contributed by atoms with van der Waals surface area (Å²) < 4.78 is 6.61. The number of aliphatic imine (C=N–C) groups is 1. The molecule has 3 aromatic rings. The van der Waals surface area contributed by atoms with Gasteiger partial charge >= 0.3 is 0 Å². The number of aromatic nitrogens is 2. The Morgan fingerprint density at radius 1 is 1.14 bits per heavy atom. The van der Waals surface area contributed by atoms with Crippen LogP contribution in [0.15, 0.2) is 41.4 Å². The van der Waals surface area contributed by atoms with Gasteiger partial charge in [0.05, 0.1) is 34.9 Å². The molecule has 2 N–H and O–H groups in total. The Morgan fingerprint density at radius 2 is 1.95 bits per heavy atom. The highest BCUT2D eigenvalue weighted by atomic mass is 32.1. The first-order valence-corrected chi connectivity index (χ1v) is 13.5. The van der Waals surface area contributed by atoms with Crippen LogP contribution >= 0.6 is 11.3 Å². The molecule has 1 aromatic carbocycles. The maximum atomic E-state index is 6.26. The molecular weight excluding hydrogens is 482 g/mol. The number of ether oxygens (including phenoxy) is 1. The highest BCUT2D eigenvalue weighted by molar-refractivity contribution is 7.20. The molecule has 5 rings (SSSR count). The van der Waals surface area contributed by atoms with Gasteiger partial charge in [-0.05, 0) is 37.7 Å². The van der Waals surface area contributed by atoms with Crippen LogP contribution < -0.4 is 10.6 Å². The number of nitrogens with zero attached hydrogens (tertiary/aromatic N) is 6. The van der Waals surface area contributed by atoms with Gasteiger partial charge in [0, 0.05) is 51.2 Å². The van der Waals surface area contributed by atoms with Gasteiger partial charge in [-0.1, -0.05) is 35.6 Å². The van der Waals surface area contributed by atoms with E-state index in [1.54, 1.807) is 23.6 Å². The Labute approximate surface area is 222 Å². The van der Waals surface area contributed by atoms with Gasteiger partial charge in [-0.15, -0.1) is 11.3 Å². The topological polar surface area (TPSA) is 83.1 Å². The molecule has 0 radical (unpaired) electrons. The molecule has 0 aliphatic carbocycles. The summed E-state index contributed by atoms with van der Waals surface area (Å²) in [5, 5.41) is 0. The van der Waals surface area contributed by atoms with Gasteiger partial charge in [0.15, 0.2) is 5.82 Å². The number of hydrogen-bond donors (Lipinski definition) is 1. The first kappa shape index (κ1) is 25.4. The van der Waals surface area contributed by atoms with E-state index in [-0.39, 0.29) is 0 Å². The molecular formula is C28H33N7OS. The number of likely N-dealkylation sites (N-methyl/N-ethyl adjacent to an activating group) is 1. The molecule has 0 saturated carbocycles. The lowest BCUT2D eigenvalue weighted by molar-refractivity contribution is 0.122. The number of anilines is 1. The van der Waals surface area contributed by atoms with Gasteiger partial charge in [0.1, 0.15) is 0 Å². The summed E-state index contributed by atoms with van der Waals surface area (Å²) in [5.41, 5.74) is 9.91. The first-order chi connectivity index (χ1) is 18.0. The summed E-state index contributed by atoms with van der Waals surface area (Å²) >= 11 is 1.65. The predicted octanol–water partition coefficient (Wildman–Crippen LogP) is 3.14. The van der Waals surface area contributed by atoms with Crippen LogP contribution in [-0.2, 0) is 4.74 Å². The molecule has 2 aromatic heterocycles. The average molecular weight is 516 g/mol. The third kappa shape index (κ3) is 6.53. The summed E-state index contributed by atoms with van der Waals surface area (Å²) in [4.78, 5) is 22.1. The SMILES string of the molecule is Cc1cccc(/C(N)=C/C=N/c2nc(N3CCOCC3)c3sc(C#CCN4CCN(C)CC4)cc3n2)c1. The second kappa shape index (κ2) is 11.8. The fourth-order valence-electron chi connectivity index (χ4n) is 4.36. The number of piperazine rings is 1. The van der Waals surface area contributed by atoms with E-state index in [9.17, 15) is 0 Å². The van der Waals surface area contributed by atoms with Crippen molar-refractivity contribution in [3.05, 3.63) is 52.4 Å². The predicted molar refractivity (Wildman–Crippen MR) is 153 cm³/mol. The highest BCUT2D eigenvalue weighted by Gasteiger charge is 2.19. The van der Waals surface area contributed by atoms with Crippen molar-refractivity contribution in [3.8, 4) is 11.8 Å². The van der Waals surface area contributed by atoms with E-state index in [2.05, 4.69) is 50.7 Å². The van der Waals surface area contributed by atoms with Crippen LogP contribution in [0.3, 0.4) is 0 Å². The molecule has 0 bridgehead atoms. The minimum absolute atomic E-state index is 0.414. The van der Waals surface area contributed by atoms with Gasteiger partial charge in [-0.3, -0.25) is 4.90 Å². The van der Waals surface area contributed by atoms with Crippen molar-refractivity contribution in [1.82, 2.24) is 19.8 Å². The fraction of sp³-hybridized carbons (Fsp3) is 0.393. The van der Waals surface area contributed by atoms with Gasteiger partial charge in [0.2, 0.25) is 0 Å². The minimum atomic E-state index is 0.414. The number of hydrogen-bond acceptors (Lipinski definition) is 9. The zero-order chi connectivity index (χ0) is 25.6. The Bertz CT molecular complexity index is 1360. The summed E-state index contributed by atoms with van der Waals surface area (Å²) in [6.45, 7) is 10.1. The number of fused-ring (bicyclic) bond motifs is 1. The smallest absolute Gasteiger partial charge is 0.251 e. The van der Waals surface area contributed by atoms with E-state index in [1.807, 2.05) is 25.1 Å². The van der Waals surface area contributed by atoms with Crippen molar-refractivity contribution in [2.75, 3.05) is 71.0 Å². The number of thiophene rings is 1. The van der Waals surface area contributed by atoms with Crippen LogP contribution in [0.25, 0.3) is 15.9 Å². The minimum Gasteiger partial charge on any atom is -0.398 e. The second-order valence-electron chi connectivity index (χ2n) is 9.42. The van der Waals surface area contributed by atoms with E-state index in [1.165, 1.54) is 0 Å². The maximum Gasteiger partial charge on any atom is 0.251 e. The number of allylic oxidation sites excluding steroid dienone is 1. The van der Waals surface area contributed by atoms with E-state index >= 15 is 0 Å². The molecule has 2 saturated heterocycles. The number of aryl methyl sites for hydroxylation is 1. The number of nitrogens with two attached hydrogens (primary N) is 1. The molecule has 8 nitrogen and oxygen atoms in total. The zero-order valence-corrected chi connectivity index (χ0v) is 22.3. The van der Waals surface area contributed by atoms with Gasteiger partial charge in [-0.2, -0.15) is 4.98 Å². The average Bonchev–Trinajstić information content (AvgIpc) is 3.32. The van der Waals surface area contributed by atoms with Gasteiger partial charge in [-0.25, -0.2) is 9.98 Å². The van der Waals surface area contributed by atoms with E-state index < -0.39 is 0 Å². The number of benzene rings is 1. The summed E-state index contributed by atoms with van der Waals surface area (Å²) in [6.07, 6.45) is 3.46. The molecule has 2 aliphatic heterocycles. The van der Waals surface area contributed by atoms with Crippen molar-refractivity contribution < 1.29 is 4.74 Å². The van der Waals surface area contributed by atoms with Crippen LogP contribution in [0.5, 0.6) is 0 Å². The summed E-state index contributed by atoms with van der Waals surface area (Å²) in [5.74, 6) is 8.03. The lowest BCUT2D eigenvalue weighted by Gasteiger charge is -2.30. The second-order valence-corrected chi connectivity index (χ2v) is 10.5. The van der Waals surface area contributed by atoms with Crippen molar-refractivity contribution in [2.24, 2.45) is 10.7 Å². The Kier molecular flexibility index (Phi) is 8.12. The van der Waals surface area contributed by atoms with Crippen molar-refractivity contribution in [2.45, 2.75) is 6.92 Å². The van der Waals surface area contributed by atoms with Crippen LogP contribution in [0, 0.1) is 18.8 Å². The number of morpholine rings is 1. The molecule has 0 amide bonds. The zero-order valence-electron chi connectivity index (χ0n) is 21.5. The van der Waals surface area contributed by atoms with Crippen LogP contribution in [0.1, 0.15) is 16.0 Å². The van der Waals surface area contributed by atoms with Gasteiger partial charge < -0.3 is 20.3 Å². The lowest BCUT2D eigenvalue weighted by Crippen LogP contribution is -2.44. The maximum absolute atomic E-state index is 6.26. The van der Waals surface area contributed by atoms with Crippen molar-refractivity contribution >= 4 is 45.2 Å². The Hall–Kier alpha value is -3.29. The fourth-order valence-corrected chi connectivity index (χ4v) is 5.35. The molecule has 192 valence electrons. The Morgan fingerprint density at radius 3 is 2.73 bits per heavy atom. The molecule has 2 aliphatic rings. The normalized spacial score (nSPS) is 17.9. The standard InChI is InChI=1S/C28H33N7OS/c1-21-5-3-6-22(19-21)24(29)8-9-30-28-31-25-20-23(7-4-10-34-13-11-33(2)12-14-34)37-26(25)27(32-28)35-15-17-36-18-16-35/h3,5-6,8-9,19-20H,10-18,29H2,1-2H3/b24-8-,30-9+. The number of rotatable bonds is 5. The lowest BCUT2D eigenvalue weighted by atomic mass is 10.1.